The molecule has 0 bridgehead atoms. The molecular weight excluding hydrogens is 168 g/mol. The Balaban J connectivity index is 2.27. The van der Waals surface area contributed by atoms with Crippen molar-refractivity contribution in [1.82, 2.24) is 10.2 Å². The zero-order valence-corrected chi connectivity index (χ0v) is 8.76. The Morgan fingerprint density at radius 2 is 2.00 bits per heavy atom. The van der Waals surface area contributed by atoms with E-state index in [0.717, 1.165) is 13.1 Å². The molecular formula is C9H18N2O2. The highest BCUT2D eigenvalue weighted by molar-refractivity contribution is 5.69. The molecule has 4 heteroatoms. The van der Waals surface area contributed by atoms with Gasteiger partial charge in [0.25, 0.3) is 0 Å². The second-order valence-electron chi connectivity index (χ2n) is 4.37. The molecule has 13 heavy (non-hydrogen) atoms. The molecule has 1 heterocycles. The molecule has 0 atom stereocenters. The van der Waals surface area contributed by atoms with E-state index in [9.17, 15) is 4.79 Å². The van der Waals surface area contributed by atoms with E-state index < -0.39 is 0 Å². The lowest BCUT2D eigenvalue weighted by Crippen LogP contribution is -2.59. The van der Waals surface area contributed by atoms with Crippen molar-refractivity contribution in [3.8, 4) is 0 Å². The number of nitrogens with one attached hydrogen (secondary N) is 1. The zero-order valence-electron chi connectivity index (χ0n) is 8.76. The quantitative estimate of drug-likeness (QED) is 0.659. The van der Waals surface area contributed by atoms with Crippen LogP contribution in [-0.4, -0.2) is 42.8 Å². The van der Waals surface area contributed by atoms with Crippen molar-refractivity contribution >= 4 is 6.09 Å². The lowest BCUT2D eigenvalue weighted by Gasteiger charge is -2.39. The minimum atomic E-state index is -0.387. The van der Waals surface area contributed by atoms with Gasteiger partial charge in [0, 0.05) is 19.1 Å². The molecule has 0 aromatic rings. The van der Waals surface area contributed by atoms with Crippen LogP contribution in [0.25, 0.3) is 0 Å². The van der Waals surface area contributed by atoms with Crippen LogP contribution in [-0.2, 0) is 4.74 Å². The highest BCUT2D eigenvalue weighted by Gasteiger charge is 2.32. The molecule has 0 aliphatic carbocycles. The van der Waals surface area contributed by atoms with Crippen LogP contribution in [0.3, 0.4) is 0 Å². The lowest BCUT2D eigenvalue weighted by atomic mass is 10.1. The predicted octanol–water partition coefficient (Wildman–Crippen LogP) is 0.825. The molecule has 1 fully saturated rings. The van der Waals surface area contributed by atoms with Crippen molar-refractivity contribution in [3.63, 3.8) is 0 Å². The standard InChI is InChI=1S/C9H18N2O2/c1-9(2,3)13-8(12)11-5-7(6-11)10-4/h7,10H,5-6H2,1-4H3. The molecule has 0 saturated carbocycles. The lowest BCUT2D eigenvalue weighted by molar-refractivity contribution is 0.00610. The van der Waals surface area contributed by atoms with E-state index in [-0.39, 0.29) is 11.7 Å². The van der Waals surface area contributed by atoms with Crippen molar-refractivity contribution in [2.24, 2.45) is 0 Å². The number of likely N-dealkylation sites (N-methyl/N-ethyl adjacent to an activating group) is 1. The summed E-state index contributed by atoms with van der Waals surface area (Å²) in [5.74, 6) is 0. The highest BCUT2D eigenvalue weighted by Crippen LogP contribution is 2.14. The molecule has 76 valence electrons. The Bertz CT molecular complexity index is 192. The van der Waals surface area contributed by atoms with Crippen LogP contribution < -0.4 is 5.32 Å². The molecule has 1 amide bonds. The number of ether oxygens (including phenoxy) is 1. The topological polar surface area (TPSA) is 41.6 Å². The van der Waals surface area contributed by atoms with E-state index >= 15 is 0 Å². The minimum Gasteiger partial charge on any atom is -0.444 e. The Labute approximate surface area is 79.2 Å². The largest absolute Gasteiger partial charge is 0.444 e. The van der Waals surface area contributed by atoms with Gasteiger partial charge < -0.3 is 15.0 Å². The molecule has 4 nitrogen and oxygen atoms in total. The summed E-state index contributed by atoms with van der Waals surface area (Å²) in [7, 11) is 1.90. The Kier molecular flexibility index (Phi) is 2.81. The van der Waals surface area contributed by atoms with E-state index in [2.05, 4.69) is 5.32 Å². The molecule has 1 N–H and O–H groups in total. The number of likely N-dealkylation sites (tertiary alicyclic amines) is 1. The van der Waals surface area contributed by atoms with Crippen LogP contribution in [0.1, 0.15) is 20.8 Å². The van der Waals surface area contributed by atoms with E-state index in [1.54, 1.807) is 4.90 Å². The van der Waals surface area contributed by atoms with Crippen molar-refractivity contribution < 1.29 is 9.53 Å². The van der Waals surface area contributed by atoms with Gasteiger partial charge in [-0.15, -0.1) is 0 Å². The number of carbonyl (C=O) groups is 1. The molecule has 1 aliphatic rings. The number of nitrogens with zero attached hydrogens (tertiary/aromatic N) is 1. The summed E-state index contributed by atoms with van der Waals surface area (Å²) in [6.45, 7) is 7.14. The van der Waals surface area contributed by atoms with Crippen LogP contribution in [0.5, 0.6) is 0 Å². The number of amides is 1. The normalized spacial score (nSPS) is 18.3. The van der Waals surface area contributed by atoms with Crippen molar-refractivity contribution in [2.45, 2.75) is 32.4 Å². The maximum absolute atomic E-state index is 11.4. The fourth-order valence-corrected chi connectivity index (χ4v) is 1.14. The first-order valence-electron chi connectivity index (χ1n) is 4.57. The average molecular weight is 186 g/mol. The first kappa shape index (κ1) is 10.3. The average Bonchev–Trinajstić information content (AvgIpc) is 1.79. The summed E-state index contributed by atoms with van der Waals surface area (Å²) >= 11 is 0. The molecule has 1 saturated heterocycles. The van der Waals surface area contributed by atoms with Crippen LogP contribution in [0.15, 0.2) is 0 Å². The van der Waals surface area contributed by atoms with Crippen LogP contribution in [0.4, 0.5) is 4.79 Å². The number of hydrogen-bond donors (Lipinski definition) is 1. The molecule has 0 radical (unpaired) electrons. The van der Waals surface area contributed by atoms with Gasteiger partial charge in [0.05, 0.1) is 0 Å². The van der Waals surface area contributed by atoms with Crippen LogP contribution >= 0.6 is 0 Å². The zero-order chi connectivity index (χ0) is 10.1. The van der Waals surface area contributed by atoms with Gasteiger partial charge in [0.1, 0.15) is 5.60 Å². The number of rotatable bonds is 1. The van der Waals surface area contributed by atoms with Crippen LogP contribution in [0.2, 0.25) is 0 Å². The Morgan fingerprint density at radius 3 is 2.38 bits per heavy atom. The Morgan fingerprint density at radius 1 is 1.46 bits per heavy atom. The third-order valence-corrected chi connectivity index (χ3v) is 1.94. The van der Waals surface area contributed by atoms with Crippen molar-refractivity contribution in [1.29, 1.82) is 0 Å². The van der Waals surface area contributed by atoms with Crippen LogP contribution in [0, 0.1) is 0 Å². The predicted molar refractivity (Wildman–Crippen MR) is 50.7 cm³/mol. The van der Waals surface area contributed by atoms with Gasteiger partial charge in [-0.25, -0.2) is 4.79 Å². The maximum Gasteiger partial charge on any atom is 0.410 e. The van der Waals surface area contributed by atoms with Gasteiger partial charge in [-0.2, -0.15) is 0 Å². The van der Waals surface area contributed by atoms with E-state index in [1.807, 2.05) is 27.8 Å². The van der Waals surface area contributed by atoms with Gasteiger partial charge in [0.2, 0.25) is 0 Å². The summed E-state index contributed by atoms with van der Waals surface area (Å²) in [6, 6.07) is 0.438. The smallest absolute Gasteiger partial charge is 0.410 e. The Hall–Kier alpha value is -0.770. The second-order valence-corrected chi connectivity index (χ2v) is 4.37. The molecule has 1 aliphatic heterocycles. The van der Waals surface area contributed by atoms with Gasteiger partial charge in [0.15, 0.2) is 0 Å². The fraction of sp³-hybridized carbons (Fsp3) is 0.889. The second kappa shape index (κ2) is 3.54. The van der Waals surface area contributed by atoms with E-state index in [1.165, 1.54) is 0 Å². The monoisotopic (exact) mass is 186 g/mol. The third kappa shape index (κ3) is 2.88. The molecule has 0 unspecified atom stereocenters. The first-order chi connectivity index (χ1) is 5.92. The summed E-state index contributed by atoms with van der Waals surface area (Å²) < 4.78 is 5.19. The fourth-order valence-electron chi connectivity index (χ4n) is 1.14. The van der Waals surface area contributed by atoms with Gasteiger partial charge in [-0.3, -0.25) is 0 Å². The summed E-state index contributed by atoms with van der Waals surface area (Å²) in [5.41, 5.74) is -0.387. The summed E-state index contributed by atoms with van der Waals surface area (Å²) in [4.78, 5) is 13.1. The third-order valence-electron chi connectivity index (χ3n) is 1.94. The van der Waals surface area contributed by atoms with E-state index in [4.69, 9.17) is 4.74 Å². The SMILES string of the molecule is CNC1CN(C(=O)OC(C)(C)C)C1. The first-order valence-corrected chi connectivity index (χ1v) is 4.57. The molecule has 0 aromatic carbocycles. The van der Waals surface area contributed by atoms with Gasteiger partial charge in [-0.1, -0.05) is 0 Å². The van der Waals surface area contributed by atoms with Crippen molar-refractivity contribution in [3.05, 3.63) is 0 Å². The van der Waals surface area contributed by atoms with Gasteiger partial charge >= 0.3 is 6.09 Å². The minimum absolute atomic E-state index is 0.209. The highest BCUT2D eigenvalue weighted by atomic mass is 16.6. The summed E-state index contributed by atoms with van der Waals surface area (Å²) in [5, 5.41) is 3.10. The van der Waals surface area contributed by atoms with E-state index in [0.29, 0.717) is 6.04 Å². The molecule has 0 aromatic heterocycles. The summed E-state index contributed by atoms with van der Waals surface area (Å²) in [6.07, 6.45) is -0.209. The molecule has 0 spiro atoms. The number of carbonyl (C=O) groups excluding carboxylic acids is 1. The molecule has 1 rings (SSSR count). The number of hydrogen-bond acceptors (Lipinski definition) is 3. The maximum atomic E-state index is 11.4. The van der Waals surface area contributed by atoms with Gasteiger partial charge in [-0.05, 0) is 27.8 Å². The van der Waals surface area contributed by atoms with Crippen molar-refractivity contribution in [2.75, 3.05) is 20.1 Å².